The molecule has 2 aliphatic heterocycles. The van der Waals surface area contributed by atoms with Gasteiger partial charge < -0.3 is 5.32 Å². The lowest BCUT2D eigenvalue weighted by Crippen LogP contribution is -2.42. The Labute approximate surface area is 165 Å². The van der Waals surface area contributed by atoms with E-state index in [-0.39, 0.29) is 17.4 Å². The Bertz CT molecular complexity index is 1010. The molecule has 0 spiro atoms. The topological polar surface area (TPSA) is 84.3 Å². The van der Waals surface area contributed by atoms with Crippen LogP contribution in [0.25, 0.3) is 11.3 Å². The number of carbonyl (C=O) groups is 1. The minimum atomic E-state index is -3.48. The second-order valence-corrected chi connectivity index (χ2v) is 9.65. The first-order valence-electron chi connectivity index (χ1n) is 9.79. The van der Waals surface area contributed by atoms with E-state index in [0.29, 0.717) is 34.3 Å². The SMILES string of the molecule is C[C@H]1CCCCN1CCNC(=O)c1nn(C)c2c1CS(=O)(=O)c1ccccc1-2. The second-order valence-electron chi connectivity index (χ2n) is 7.69. The normalized spacial score (nSPS) is 21.0. The van der Waals surface area contributed by atoms with Crippen molar-refractivity contribution >= 4 is 15.7 Å². The molecule has 1 fully saturated rings. The van der Waals surface area contributed by atoms with Gasteiger partial charge in [-0.3, -0.25) is 14.4 Å². The molecule has 1 saturated heterocycles. The number of nitrogens with one attached hydrogen (secondary N) is 1. The molecular weight excluding hydrogens is 376 g/mol. The van der Waals surface area contributed by atoms with Gasteiger partial charge in [0.05, 0.1) is 16.3 Å². The molecule has 1 N–H and O–H groups in total. The van der Waals surface area contributed by atoms with Crippen LogP contribution in [0.5, 0.6) is 0 Å². The molecule has 28 heavy (non-hydrogen) atoms. The van der Waals surface area contributed by atoms with Crippen molar-refractivity contribution in [2.24, 2.45) is 7.05 Å². The van der Waals surface area contributed by atoms with Gasteiger partial charge in [-0.15, -0.1) is 0 Å². The van der Waals surface area contributed by atoms with Crippen LogP contribution in [-0.2, 0) is 22.6 Å². The van der Waals surface area contributed by atoms with Crippen molar-refractivity contribution in [3.8, 4) is 11.3 Å². The largest absolute Gasteiger partial charge is 0.349 e. The number of aromatic nitrogens is 2. The molecule has 8 heteroatoms. The van der Waals surface area contributed by atoms with Crippen LogP contribution in [0.2, 0.25) is 0 Å². The summed E-state index contributed by atoms with van der Waals surface area (Å²) in [7, 11) is -1.73. The number of nitrogens with zero attached hydrogens (tertiary/aromatic N) is 3. The lowest BCUT2D eigenvalue weighted by atomic mass is 10.0. The number of carbonyl (C=O) groups excluding carboxylic acids is 1. The van der Waals surface area contributed by atoms with E-state index in [1.165, 1.54) is 19.3 Å². The predicted molar refractivity (Wildman–Crippen MR) is 107 cm³/mol. The standard InChI is InChI=1S/C20H26N4O3S/c1-14-7-5-6-11-24(14)12-10-21-20(25)18-16-13-28(26,27)17-9-4-3-8-15(17)19(16)23(2)22-18/h3-4,8-9,14H,5-7,10-13H2,1-2H3,(H,21,25)/t14-/m0/s1. The van der Waals surface area contributed by atoms with Gasteiger partial charge in [-0.1, -0.05) is 24.6 Å². The van der Waals surface area contributed by atoms with Crippen LogP contribution in [0.3, 0.4) is 0 Å². The summed E-state index contributed by atoms with van der Waals surface area (Å²) < 4.78 is 27.0. The van der Waals surface area contributed by atoms with E-state index in [4.69, 9.17) is 0 Å². The van der Waals surface area contributed by atoms with Gasteiger partial charge in [-0.25, -0.2) is 8.42 Å². The summed E-state index contributed by atoms with van der Waals surface area (Å²) in [5, 5.41) is 7.29. The van der Waals surface area contributed by atoms with Crippen molar-refractivity contribution < 1.29 is 13.2 Å². The Morgan fingerprint density at radius 1 is 1.29 bits per heavy atom. The van der Waals surface area contributed by atoms with Crippen LogP contribution >= 0.6 is 0 Å². The molecule has 1 atom stereocenters. The summed E-state index contributed by atoms with van der Waals surface area (Å²) in [6, 6.07) is 7.43. The predicted octanol–water partition coefficient (Wildman–Crippen LogP) is 1.98. The average Bonchev–Trinajstić information content (AvgIpc) is 2.99. The first-order valence-corrected chi connectivity index (χ1v) is 11.4. The summed E-state index contributed by atoms with van der Waals surface area (Å²) in [5.41, 5.74) is 2.02. The van der Waals surface area contributed by atoms with Gasteiger partial charge in [-0.05, 0) is 32.4 Å². The molecule has 2 aliphatic rings. The Hall–Kier alpha value is -2.19. The van der Waals surface area contributed by atoms with E-state index in [1.807, 2.05) is 0 Å². The van der Waals surface area contributed by atoms with Crippen molar-refractivity contribution in [3.63, 3.8) is 0 Å². The Balaban J connectivity index is 1.55. The molecule has 1 aromatic carbocycles. The fourth-order valence-electron chi connectivity index (χ4n) is 4.31. The highest BCUT2D eigenvalue weighted by molar-refractivity contribution is 7.90. The molecule has 0 aliphatic carbocycles. The number of piperidine rings is 1. The molecule has 7 nitrogen and oxygen atoms in total. The van der Waals surface area contributed by atoms with E-state index in [2.05, 4.69) is 22.2 Å². The number of fused-ring (bicyclic) bond motifs is 3. The van der Waals surface area contributed by atoms with Crippen molar-refractivity contribution in [1.82, 2.24) is 20.0 Å². The van der Waals surface area contributed by atoms with Crippen LogP contribution in [0.15, 0.2) is 29.2 Å². The summed E-state index contributed by atoms with van der Waals surface area (Å²) in [6.07, 6.45) is 3.66. The average molecular weight is 403 g/mol. The first kappa shape index (κ1) is 19.1. The minimum Gasteiger partial charge on any atom is -0.349 e. The van der Waals surface area contributed by atoms with Crippen LogP contribution in [0, 0.1) is 0 Å². The van der Waals surface area contributed by atoms with Gasteiger partial charge in [-0.2, -0.15) is 5.10 Å². The Kier molecular flexibility index (Phi) is 5.01. The van der Waals surface area contributed by atoms with Gasteiger partial charge in [0.25, 0.3) is 5.91 Å². The molecular formula is C20H26N4O3S. The van der Waals surface area contributed by atoms with E-state index < -0.39 is 9.84 Å². The van der Waals surface area contributed by atoms with Crippen molar-refractivity contribution in [2.45, 2.75) is 42.9 Å². The lowest BCUT2D eigenvalue weighted by Gasteiger charge is -2.33. The fraction of sp³-hybridized carbons (Fsp3) is 0.500. The molecule has 150 valence electrons. The van der Waals surface area contributed by atoms with Gasteiger partial charge in [0, 0.05) is 37.3 Å². The smallest absolute Gasteiger partial charge is 0.272 e. The van der Waals surface area contributed by atoms with Crippen LogP contribution < -0.4 is 5.32 Å². The Morgan fingerprint density at radius 2 is 2.07 bits per heavy atom. The number of benzene rings is 1. The monoisotopic (exact) mass is 402 g/mol. The second kappa shape index (κ2) is 7.33. The third-order valence-electron chi connectivity index (χ3n) is 5.80. The lowest BCUT2D eigenvalue weighted by molar-refractivity contribution is 0.0932. The van der Waals surface area contributed by atoms with E-state index in [9.17, 15) is 13.2 Å². The minimum absolute atomic E-state index is 0.195. The number of aryl methyl sites for hydroxylation is 1. The van der Waals surface area contributed by atoms with Crippen molar-refractivity contribution in [1.29, 1.82) is 0 Å². The van der Waals surface area contributed by atoms with Crippen LogP contribution in [0.1, 0.15) is 42.2 Å². The van der Waals surface area contributed by atoms with Gasteiger partial charge in [0.1, 0.15) is 0 Å². The summed E-state index contributed by atoms with van der Waals surface area (Å²) in [5.74, 6) is -0.505. The fourth-order valence-corrected chi connectivity index (χ4v) is 5.91. The zero-order valence-electron chi connectivity index (χ0n) is 16.3. The van der Waals surface area contributed by atoms with Crippen molar-refractivity contribution in [2.75, 3.05) is 19.6 Å². The Morgan fingerprint density at radius 3 is 2.86 bits per heavy atom. The molecule has 3 heterocycles. The molecule has 2 aromatic rings. The van der Waals surface area contributed by atoms with Gasteiger partial charge in [0.2, 0.25) is 0 Å². The molecule has 0 saturated carbocycles. The van der Waals surface area contributed by atoms with E-state index >= 15 is 0 Å². The summed E-state index contributed by atoms with van der Waals surface area (Å²) in [4.78, 5) is 15.5. The number of likely N-dealkylation sites (tertiary alicyclic amines) is 1. The number of hydrogen-bond acceptors (Lipinski definition) is 5. The van der Waals surface area contributed by atoms with Crippen LogP contribution in [0.4, 0.5) is 0 Å². The number of sulfone groups is 1. The first-order chi connectivity index (χ1) is 13.4. The van der Waals surface area contributed by atoms with E-state index in [1.54, 1.807) is 36.0 Å². The highest BCUT2D eigenvalue weighted by Crippen LogP contribution is 2.38. The quantitative estimate of drug-likeness (QED) is 0.845. The zero-order valence-corrected chi connectivity index (χ0v) is 17.1. The van der Waals surface area contributed by atoms with Crippen LogP contribution in [-0.4, -0.2) is 54.7 Å². The maximum absolute atomic E-state index is 12.8. The number of amides is 1. The zero-order chi connectivity index (χ0) is 19.9. The number of rotatable bonds is 4. The maximum Gasteiger partial charge on any atom is 0.272 e. The van der Waals surface area contributed by atoms with Gasteiger partial charge >= 0.3 is 0 Å². The van der Waals surface area contributed by atoms with Crippen molar-refractivity contribution in [3.05, 3.63) is 35.5 Å². The van der Waals surface area contributed by atoms with E-state index in [0.717, 1.165) is 13.1 Å². The molecule has 0 radical (unpaired) electrons. The molecule has 0 unspecified atom stereocenters. The molecule has 0 bridgehead atoms. The third kappa shape index (κ3) is 3.35. The summed E-state index contributed by atoms with van der Waals surface area (Å²) >= 11 is 0. The number of hydrogen-bond donors (Lipinski definition) is 1. The molecule has 4 rings (SSSR count). The molecule has 1 aromatic heterocycles. The third-order valence-corrected chi connectivity index (χ3v) is 7.49. The van der Waals surface area contributed by atoms with Gasteiger partial charge in [0.15, 0.2) is 15.5 Å². The summed E-state index contributed by atoms with van der Waals surface area (Å²) in [6.45, 7) is 4.60. The highest BCUT2D eigenvalue weighted by atomic mass is 32.2. The molecule has 1 amide bonds. The highest BCUT2D eigenvalue weighted by Gasteiger charge is 2.34. The maximum atomic E-state index is 12.8.